The summed E-state index contributed by atoms with van der Waals surface area (Å²) in [6, 6.07) is 5.12. The monoisotopic (exact) mass is 335 g/mol. The fourth-order valence-electron chi connectivity index (χ4n) is 2.13. The van der Waals surface area contributed by atoms with Crippen molar-refractivity contribution in [2.75, 3.05) is 0 Å². The molecule has 0 unspecified atom stereocenters. The molecule has 1 aromatic carbocycles. The summed E-state index contributed by atoms with van der Waals surface area (Å²) >= 11 is 0. The minimum Gasteiger partial charge on any atom is -0.448 e. The Balaban J connectivity index is 1.93. The van der Waals surface area contributed by atoms with Crippen LogP contribution in [0.1, 0.15) is 5.56 Å². The number of allylic oxidation sites excluding steroid dienone is 3. The van der Waals surface area contributed by atoms with Crippen molar-refractivity contribution in [3.63, 3.8) is 0 Å². The van der Waals surface area contributed by atoms with Crippen LogP contribution in [-0.4, -0.2) is 18.3 Å². The predicted molar refractivity (Wildman–Crippen MR) is 70.5 cm³/mol. The molecule has 0 heterocycles. The quantitative estimate of drug-likeness (QED) is 0.626. The molecule has 0 radical (unpaired) electrons. The first-order chi connectivity index (χ1) is 11.3. The Morgan fingerprint density at radius 3 is 2.54 bits per heavy atom. The van der Waals surface area contributed by atoms with Crippen molar-refractivity contribution in [2.24, 2.45) is 0 Å². The Bertz CT molecular complexity index is 927. The Kier molecular flexibility index (Phi) is 3.53. The average Bonchev–Trinajstić information content (AvgIpc) is 2.53. The van der Waals surface area contributed by atoms with Gasteiger partial charge in [0.05, 0.1) is 17.2 Å². The second-order valence-corrected chi connectivity index (χ2v) is 4.74. The molecule has 0 N–H and O–H groups in total. The van der Waals surface area contributed by atoms with E-state index in [9.17, 15) is 22.4 Å². The van der Waals surface area contributed by atoms with E-state index in [1.165, 1.54) is 6.07 Å². The molecule has 3 rings (SSSR count). The third-order valence-corrected chi connectivity index (χ3v) is 3.16. The van der Waals surface area contributed by atoms with Gasteiger partial charge >= 0.3 is 12.5 Å². The number of benzene rings is 1. The Labute approximate surface area is 132 Å². The molecule has 1 fully saturated rings. The number of nitriles is 1. The lowest BCUT2D eigenvalue weighted by atomic mass is 9.79. The zero-order valence-electron chi connectivity index (χ0n) is 11.6. The normalized spacial score (nSPS) is 17.2. The molecule has 0 spiro atoms. The number of alkyl halides is 4. The minimum atomic E-state index is -3.58. The number of carbonyl (C=O) groups excluding carboxylic acids is 1. The van der Waals surface area contributed by atoms with Gasteiger partial charge in [-0.25, -0.2) is 0 Å². The molecule has 1 aromatic rings. The largest absolute Gasteiger partial charge is 0.448 e. The van der Waals surface area contributed by atoms with Crippen molar-refractivity contribution in [2.45, 2.75) is 12.5 Å². The summed E-state index contributed by atoms with van der Waals surface area (Å²) in [4.78, 5) is 11.3. The zero-order chi connectivity index (χ0) is 17.5. The lowest BCUT2D eigenvalue weighted by Crippen LogP contribution is -2.45. The molecular formula is C16H5F4NO3. The van der Waals surface area contributed by atoms with Gasteiger partial charge in [0.25, 0.3) is 0 Å². The van der Waals surface area contributed by atoms with E-state index in [4.69, 9.17) is 10.00 Å². The summed E-state index contributed by atoms with van der Waals surface area (Å²) in [5, 5.41) is 8.88. The van der Waals surface area contributed by atoms with E-state index in [0.29, 0.717) is 0 Å². The summed E-state index contributed by atoms with van der Waals surface area (Å²) in [6.45, 7) is -3.09. The summed E-state index contributed by atoms with van der Waals surface area (Å²) in [5.41, 5.74) is 3.59. The maximum absolute atomic E-state index is 13.2. The predicted octanol–water partition coefficient (Wildman–Crippen LogP) is 3.26. The van der Waals surface area contributed by atoms with Gasteiger partial charge in [-0.15, -0.1) is 0 Å². The number of ether oxygens (including phenoxy) is 2. The van der Waals surface area contributed by atoms with E-state index in [1.54, 1.807) is 6.07 Å². The molecule has 1 saturated carbocycles. The van der Waals surface area contributed by atoms with Crippen LogP contribution in [0.15, 0.2) is 52.6 Å². The van der Waals surface area contributed by atoms with Crippen LogP contribution >= 0.6 is 0 Å². The molecule has 0 aliphatic heterocycles. The summed E-state index contributed by atoms with van der Waals surface area (Å²) in [6.07, 6.45) is 1.04. The lowest BCUT2D eigenvalue weighted by Gasteiger charge is -2.29. The Morgan fingerprint density at radius 2 is 1.88 bits per heavy atom. The van der Waals surface area contributed by atoms with Crippen LogP contribution in [0.5, 0.6) is 11.5 Å². The molecule has 120 valence electrons. The number of ketones is 1. The van der Waals surface area contributed by atoms with Crippen molar-refractivity contribution < 1.29 is 31.8 Å². The van der Waals surface area contributed by atoms with E-state index in [2.05, 4.69) is 16.2 Å². The van der Waals surface area contributed by atoms with Crippen molar-refractivity contribution in [3.8, 4) is 17.6 Å². The van der Waals surface area contributed by atoms with E-state index in [1.807, 2.05) is 0 Å². The van der Waals surface area contributed by atoms with Gasteiger partial charge in [-0.1, -0.05) is 5.73 Å². The third kappa shape index (κ3) is 2.59. The van der Waals surface area contributed by atoms with Gasteiger partial charge in [0.2, 0.25) is 5.78 Å². The highest BCUT2D eigenvalue weighted by atomic mass is 19.3. The highest BCUT2D eigenvalue weighted by Gasteiger charge is 2.58. The van der Waals surface area contributed by atoms with Crippen LogP contribution in [0.3, 0.4) is 0 Å². The number of hydrogen-bond acceptors (Lipinski definition) is 4. The summed E-state index contributed by atoms with van der Waals surface area (Å²) in [5.74, 6) is -5.44. The highest BCUT2D eigenvalue weighted by molar-refractivity contribution is 6.16. The molecule has 0 aromatic heterocycles. The van der Waals surface area contributed by atoms with Crippen LogP contribution in [-0.2, 0) is 4.79 Å². The van der Waals surface area contributed by atoms with Crippen molar-refractivity contribution in [3.05, 3.63) is 58.2 Å². The first-order valence-corrected chi connectivity index (χ1v) is 6.40. The summed E-state index contributed by atoms with van der Waals surface area (Å²) in [7, 11) is 0. The molecule has 0 amide bonds. The van der Waals surface area contributed by atoms with E-state index in [0.717, 1.165) is 18.2 Å². The maximum Gasteiger partial charge on any atom is 0.387 e. The van der Waals surface area contributed by atoms with Gasteiger partial charge < -0.3 is 9.47 Å². The standard InChI is InChI=1S/C16H5F4NO3/c17-15(18)24-11-4-8(7-21)3-10(5-11)23-9-1-2-13-12(6-9)14(22)16(13,19)20/h3-6,15H. The number of hydrogen-bond donors (Lipinski definition) is 0. The van der Waals surface area contributed by atoms with E-state index >= 15 is 0 Å². The first-order valence-electron chi connectivity index (χ1n) is 6.40. The van der Waals surface area contributed by atoms with Crippen molar-refractivity contribution in [1.82, 2.24) is 0 Å². The number of carbonyl (C=O) groups is 1. The van der Waals surface area contributed by atoms with Crippen LogP contribution in [0.25, 0.3) is 0 Å². The fourth-order valence-corrected chi connectivity index (χ4v) is 2.13. The number of halogens is 4. The molecule has 24 heavy (non-hydrogen) atoms. The van der Waals surface area contributed by atoms with Crippen LogP contribution < -0.4 is 9.47 Å². The molecule has 0 saturated heterocycles. The zero-order valence-corrected chi connectivity index (χ0v) is 11.6. The van der Waals surface area contributed by atoms with Crippen LogP contribution in [0.2, 0.25) is 0 Å². The van der Waals surface area contributed by atoms with Crippen molar-refractivity contribution >= 4 is 5.78 Å². The number of nitrogens with zero attached hydrogens (tertiary/aromatic N) is 1. The van der Waals surface area contributed by atoms with Crippen LogP contribution in [0, 0.1) is 11.3 Å². The van der Waals surface area contributed by atoms with E-state index < -0.39 is 23.9 Å². The SMILES string of the molecule is N#Cc1cc(OC2=C=C=C3C(=C2)C(=O)C3(F)F)cc(OC(F)F)c1. The molecule has 2 aliphatic rings. The van der Waals surface area contributed by atoms with Gasteiger partial charge in [-0.3, -0.25) is 4.79 Å². The van der Waals surface area contributed by atoms with Crippen LogP contribution in [0.4, 0.5) is 17.6 Å². The Hall–Kier alpha value is -3.26. The highest BCUT2D eigenvalue weighted by Crippen LogP contribution is 2.44. The second kappa shape index (κ2) is 5.43. The van der Waals surface area contributed by atoms with E-state index in [-0.39, 0.29) is 28.4 Å². The minimum absolute atomic E-state index is 0.0151. The molecule has 2 aliphatic carbocycles. The maximum atomic E-state index is 13.2. The van der Waals surface area contributed by atoms with Gasteiger partial charge in [-0.05, 0) is 17.9 Å². The molecule has 0 atom stereocenters. The first kappa shape index (κ1) is 15.6. The topological polar surface area (TPSA) is 59.3 Å². The second-order valence-electron chi connectivity index (χ2n) is 4.74. The Morgan fingerprint density at radius 1 is 1.17 bits per heavy atom. The smallest absolute Gasteiger partial charge is 0.387 e. The molecule has 8 heteroatoms. The van der Waals surface area contributed by atoms with Gasteiger partial charge in [0.1, 0.15) is 11.5 Å². The molecule has 4 nitrogen and oxygen atoms in total. The average molecular weight is 335 g/mol. The fraction of sp³-hybridized carbons (Fsp3) is 0.125. The molecular weight excluding hydrogens is 330 g/mol. The van der Waals surface area contributed by atoms with Gasteiger partial charge in [0, 0.05) is 17.7 Å². The third-order valence-electron chi connectivity index (χ3n) is 3.16. The molecule has 0 bridgehead atoms. The number of rotatable bonds is 4. The van der Waals surface area contributed by atoms with Crippen molar-refractivity contribution in [1.29, 1.82) is 5.26 Å². The number of fused-ring (bicyclic) bond motifs is 1. The van der Waals surface area contributed by atoms with Gasteiger partial charge in [-0.2, -0.15) is 22.8 Å². The summed E-state index contributed by atoms with van der Waals surface area (Å²) < 4.78 is 60.4. The van der Waals surface area contributed by atoms with Gasteiger partial charge in [0.15, 0.2) is 5.76 Å². The lowest BCUT2D eigenvalue weighted by molar-refractivity contribution is -0.139. The number of Topliss-reactive ketones (excluding diaryl/α,β-unsaturated/α-hetero) is 1.